The number of carbonyl (C=O) groups is 3. The lowest BCUT2D eigenvalue weighted by Gasteiger charge is -2.30. The van der Waals surface area contributed by atoms with Gasteiger partial charge in [-0.15, -0.1) is 0 Å². The molecule has 2 saturated heterocycles. The van der Waals surface area contributed by atoms with Gasteiger partial charge in [-0.2, -0.15) is 5.10 Å². The van der Waals surface area contributed by atoms with Crippen molar-refractivity contribution in [1.29, 1.82) is 0 Å². The zero-order chi connectivity index (χ0) is 20.1. The van der Waals surface area contributed by atoms with Gasteiger partial charge in [0.1, 0.15) is 6.04 Å². The quantitative estimate of drug-likeness (QED) is 0.602. The van der Waals surface area contributed by atoms with E-state index >= 15 is 0 Å². The minimum atomic E-state index is -0.806. The molecule has 144 valence electrons. The number of hydrogen-bond acceptors (Lipinski definition) is 5. The molecule has 2 aromatic rings. The van der Waals surface area contributed by atoms with Gasteiger partial charge in [0.15, 0.2) is 5.78 Å². The Morgan fingerprint density at radius 1 is 0.931 bits per heavy atom. The van der Waals surface area contributed by atoms with E-state index in [0.717, 1.165) is 5.56 Å². The molecule has 6 heteroatoms. The van der Waals surface area contributed by atoms with Gasteiger partial charge < -0.3 is 0 Å². The molecule has 4 atom stereocenters. The topological polar surface area (TPSA) is 70.0 Å². The maximum atomic E-state index is 13.4. The average Bonchev–Trinajstić information content (AvgIpc) is 3.22. The fourth-order valence-electron chi connectivity index (χ4n) is 4.56. The number of para-hydroxylation sites is 1. The zero-order valence-electron chi connectivity index (χ0n) is 15.8. The highest BCUT2D eigenvalue weighted by atomic mass is 16.2. The minimum Gasteiger partial charge on any atom is -0.292 e. The van der Waals surface area contributed by atoms with Crippen LogP contribution in [0.2, 0.25) is 0 Å². The molecule has 29 heavy (non-hydrogen) atoms. The molecule has 0 saturated carbocycles. The van der Waals surface area contributed by atoms with E-state index in [4.69, 9.17) is 0 Å². The normalized spacial score (nSPS) is 27.3. The second-order valence-corrected chi connectivity index (χ2v) is 7.59. The molecule has 0 spiro atoms. The van der Waals surface area contributed by atoms with Crippen molar-refractivity contribution in [3.05, 3.63) is 77.9 Å². The van der Waals surface area contributed by atoms with Crippen LogP contribution in [0.25, 0.3) is 0 Å². The molecule has 2 amide bonds. The first-order valence-corrected chi connectivity index (χ1v) is 9.61. The molecule has 0 radical (unpaired) electrons. The number of Topliss-reactive ketones (excluding diaryl/α,β-unsaturated/α-hetero) is 1. The molecule has 0 aliphatic carbocycles. The molecule has 6 nitrogen and oxygen atoms in total. The summed E-state index contributed by atoms with van der Waals surface area (Å²) in [6.07, 6.45) is 5.21. The van der Waals surface area contributed by atoms with Crippen LogP contribution in [0.4, 0.5) is 5.69 Å². The Balaban J connectivity index is 1.58. The van der Waals surface area contributed by atoms with Gasteiger partial charge >= 0.3 is 0 Å². The summed E-state index contributed by atoms with van der Waals surface area (Å²) in [5.74, 6) is -2.19. The highest BCUT2D eigenvalue weighted by molar-refractivity contribution is 6.24. The Hall–Kier alpha value is -3.54. The number of carbonyl (C=O) groups excluding carboxylic acids is 3. The van der Waals surface area contributed by atoms with Crippen LogP contribution >= 0.6 is 0 Å². The third-order valence-corrected chi connectivity index (χ3v) is 5.91. The number of allylic oxidation sites excluding steroid dienone is 1. The van der Waals surface area contributed by atoms with Gasteiger partial charge in [0.05, 0.1) is 23.6 Å². The third-order valence-electron chi connectivity index (χ3n) is 5.91. The Kier molecular flexibility index (Phi) is 3.94. The molecule has 0 bridgehead atoms. The molecule has 5 rings (SSSR count). The minimum absolute atomic E-state index is 0.189. The van der Waals surface area contributed by atoms with Gasteiger partial charge in [-0.25, -0.2) is 4.90 Å². The van der Waals surface area contributed by atoms with E-state index in [0.29, 0.717) is 11.3 Å². The summed E-state index contributed by atoms with van der Waals surface area (Å²) in [6, 6.07) is 14.9. The predicted molar refractivity (Wildman–Crippen MR) is 108 cm³/mol. The molecule has 2 aromatic carbocycles. The van der Waals surface area contributed by atoms with Gasteiger partial charge in [-0.3, -0.25) is 19.4 Å². The maximum Gasteiger partial charge on any atom is 0.240 e. The number of fused-ring (bicyclic) bond motifs is 3. The van der Waals surface area contributed by atoms with Crippen LogP contribution in [-0.4, -0.2) is 40.9 Å². The van der Waals surface area contributed by atoms with E-state index in [1.807, 2.05) is 31.2 Å². The lowest BCUT2D eigenvalue weighted by molar-refractivity contribution is -0.123. The van der Waals surface area contributed by atoms with Crippen LogP contribution in [0.15, 0.2) is 71.9 Å². The van der Waals surface area contributed by atoms with E-state index in [1.54, 1.807) is 53.7 Å². The highest BCUT2D eigenvalue weighted by Gasteiger charge is 2.64. The number of imide groups is 1. The standard InChI is InChI=1S/C23H19N3O3/c1-14-9-11-15(12-10-14)21(27)20-19-18(17-8-5-13-24-26(17)20)22(28)25(23(19)29)16-6-3-2-4-7-16/h2-13,17-20H,1H3/t17-,18+,19+,20+/m0/s1. The SMILES string of the molecule is Cc1ccc(C(=O)[C@H]2[C@@H]3C(=O)N(c4ccccc4)C(=O)[C@@H]3[C@@H]3C=CC=NN32)cc1. The number of hydrazone groups is 1. The van der Waals surface area contributed by atoms with E-state index in [1.165, 1.54) is 4.90 Å². The monoisotopic (exact) mass is 385 g/mol. The number of hydrogen-bond donors (Lipinski definition) is 0. The fraction of sp³-hybridized carbons (Fsp3) is 0.217. The summed E-state index contributed by atoms with van der Waals surface area (Å²) in [6.45, 7) is 1.95. The van der Waals surface area contributed by atoms with Crippen LogP contribution in [0, 0.1) is 18.8 Å². The molecule has 0 aromatic heterocycles. The van der Waals surface area contributed by atoms with Crippen molar-refractivity contribution in [2.24, 2.45) is 16.9 Å². The van der Waals surface area contributed by atoms with Crippen molar-refractivity contribution in [2.75, 3.05) is 4.90 Å². The Labute approximate surface area is 168 Å². The summed E-state index contributed by atoms with van der Waals surface area (Å²) >= 11 is 0. The number of rotatable bonds is 3. The maximum absolute atomic E-state index is 13.4. The number of ketones is 1. The number of nitrogens with zero attached hydrogens (tertiary/aromatic N) is 3. The van der Waals surface area contributed by atoms with Gasteiger partial charge in [-0.05, 0) is 25.1 Å². The van der Waals surface area contributed by atoms with E-state index < -0.39 is 23.9 Å². The van der Waals surface area contributed by atoms with Crippen LogP contribution in [0.3, 0.4) is 0 Å². The molecular weight excluding hydrogens is 366 g/mol. The lowest BCUT2D eigenvalue weighted by atomic mass is 9.86. The van der Waals surface area contributed by atoms with E-state index in [9.17, 15) is 14.4 Å². The van der Waals surface area contributed by atoms with Crippen LogP contribution in [0.1, 0.15) is 15.9 Å². The Bertz CT molecular complexity index is 1060. The van der Waals surface area contributed by atoms with Crippen LogP contribution in [0.5, 0.6) is 0 Å². The summed E-state index contributed by atoms with van der Waals surface area (Å²) < 4.78 is 0. The molecule has 0 N–H and O–H groups in total. The second kappa shape index (κ2) is 6.51. The average molecular weight is 385 g/mol. The first kappa shape index (κ1) is 17.6. The zero-order valence-corrected chi connectivity index (χ0v) is 15.8. The Morgan fingerprint density at radius 2 is 1.62 bits per heavy atom. The van der Waals surface area contributed by atoms with Crippen LogP contribution in [-0.2, 0) is 9.59 Å². The van der Waals surface area contributed by atoms with Crippen molar-refractivity contribution >= 4 is 29.5 Å². The largest absolute Gasteiger partial charge is 0.292 e. The van der Waals surface area contributed by atoms with Crippen molar-refractivity contribution in [1.82, 2.24) is 5.01 Å². The van der Waals surface area contributed by atoms with Crippen molar-refractivity contribution in [3.8, 4) is 0 Å². The van der Waals surface area contributed by atoms with Gasteiger partial charge in [-0.1, -0.05) is 54.1 Å². The van der Waals surface area contributed by atoms with Crippen molar-refractivity contribution in [3.63, 3.8) is 0 Å². The summed E-state index contributed by atoms with van der Waals surface area (Å²) in [5, 5.41) is 6.00. The number of amides is 2. The Morgan fingerprint density at radius 3 is 2.34 bits per heavy atom. The summed E-state index contributed by atoms with van der Waals surface area (Å²) in [4.78, 5) is 41.3. The molecule has 2 fully saturated rings. The first-order chi connectivity index (χ1) is 14.1. The van der Waals surface area contributed by atoms with Crippen molar-refractivity contribution in [2.45, 2.75) is 19.0 Å². The summed E-state index contributed by atoms with van der Waals surface area (Å²) in [7, 11) is 0. The van der Waals surface area contributed by atoms with Gasteiger partial charge in [0.2, 0.25) is 11.8 Å². The third kappa shape index (κ3) is 2.56. The smallest absolute Gasteiger partial charge is 0.240 e. The van der Waals surface area contributed by atoms with Crippen LogP contribution < -0.4 is 4.90 Å². The molecule has 3 heterocycles. The predicted octanol–water partition coefficient (Wildman–Crippen LogP) is 2.59. The molecule has 3 aliphatic heterocycles. The van der Waals surface area contributed by atoms with Gasteiger partial charge in [0.25, 0.3) is 0 Å². The number of aryl methyl sites for hydroxylation is 1. The molecule has 0 unspecified atom stereocenters. The fourth-order valence-corrected chi connectivity index (χ4v) is 4.56. The second-order valence-electron chi connectivity index (χ2n) is 7.59. The van der Waals surface area contributed by atoms with Crippen molar-refractivity contribution < 1.29 is 14.4 Å². The summed E-state index contributed by atoms with van der Waals surface area (Å²) in [5.41, 5.74) is 2.10. The lowest BCUT2D eigenvalue weighted by Crippen LogP contribution is -2.46. The molecule has 3 aliphatic rings. The van der Waals surface area contributed by atoms with Gasteiger partial charge in [0, 0.05) is 11.8 Å². The van der Waals surface area contributed by atoms with E-state index in [-0.39, 0.29) is 17.6 Å². The number of benzene rings is 2. The number of anilines is 1. The molecular formula is C23H19N3O3. The van der Waals surface area contributed by atoms with E-state index in [2.05, 4.69) is 5.10 Å². The highest BCUT2D eigenvalue weighted by Crippen LogP contribution is 2.46. The first-order valence-electron chi connectivity index (χ1n) is 9.61.